The average Bonchev–Trinajstić information content (AvgIpc) is 2.15. The molecular weight excluding hydrogens is 194 g/mol. The summed E-state index contributed by atoms with van der Waals surface area (Å²) in [7, 11) is 1.44. The second kappa shape index (κ2) is 3.79. The number of nitrogens with zero attached hydrogens (tertiary/aromatic N) is 1. The number of methoxy groups -OCH3 is 1. The maximum atomic E-state index is 9.84. The van der Waals surface area contributed by atoms with Crippen molar-refractivity contribution in [1.29, 1.82) is 5.26 Å². The number of ether oxygens (including phenoxy) is 1. The molecule has 0 radical (unpaired) electrons. The zero-order valence-corrected chi connectivity index (χ0v) is 8.90. The van der Waals surface area contributed by atoms with Crippen molar-refractivity contribution in [2.24, 2.45) is 0 Å². The van der Waals surface area contributed by atoms with Crippen LogP contribution in [0.25, 0.3) is 0 Å². The van der Waals surface area contributed by atoms with E-state index in [4.69, 9.17) is 10.00 Å². The quantitative estimate of drug-likeness (QED) is 0.770. The van der Waals surface area contributed by atoms with Crippen molar-refractivity contribution in [3.8, 4) is 17.6 Å². The molecule has 0 aromatic heterocycles. The number of phenols is 1. The molecule has 0 atom stereocenters. The molecule has 1 rings (SSSR count). The van der Waals surface area contributed by atoms with Gasteiger partial charge in [0.05, 0.1) is 18.3 Å². The lowest BCUT2D eigenvalue weighted by Crippen LogP contribution is -2.17. The van der Waals surface area contributed by atoms with Crippen LogP contribution < -0.4 is 4.74 Å². The van der Waals surface area contributed by atoms with Crippen LogP contribution in [0.1, 0.15) is 25.0 Å². The minimum atomic E-state index is -1.12. The Morgan fingerprint density at radius 3 is 2.40 bits per heavy atom. The van der Waals surface area contributed by atoms with Crippen LogP contribution in [0.2, 0.25) is 0 Å². The molecule has 0 saturated heterocycles. The Morgan fingerprint density at radius 1 is 1.40 bits per heavy atom. The summed E-state index contributed by atoms with van der Waals surface area (Å²) >= 11 is 0. The molecule has 0 aliphatic rings. The van der Waals surface area contributed by atoms with Crippen LogP contribution in [0.3, 0.4) is 0 Å². The van der Waals surface area contributed by atoms with Gasteiger partial charge < -0.3 is 14.9 Å². The summed E-state index contributed by atoms with van der Waals surface area (Å²) in [5.41, 5.74) is -0.530. The molecule has 1 aromatic rings. The van der Waals surface area contributed by atoms with Gasteiger partial charge in [-0.15, -0.1) is 0 Å². The third-order valence-corrected chi connectivity index (χ3v) is 2.10. The molecule has 80 valence electrons. The van der Waals surface area contributed by atoms with Crippen molar-refractivity contribution in [2.45, 2.75) is 19.4 Å². The van der Waals surface area contributed by atoms with Crippen LogP contribution in [0, 0.1) is 11.3 Å². The van der Waals surface area contributed by atoms with Gasteiger partial charge in [-0.3, -0.25) is 0 Å². The van der Waals surface area contributed by atoms with Crippen molar-refractivity contribution in [3.05, 3.63) is 23.3 Å². The summed E-state index contributed by atoms with van der Waals surface area (Å²) in [6, 6.07) is 4.59. The standard InChI is InChI=1S/C11H13NO3/c1-11(2,14)8-4-7(6-12)9(13)5-10(8)15-3/h4-5,13-14H,1-3H3. The Bertz CT molecular complexity index is 413. The molecule has 1 aromatic carbocycles. The van der Waals surface area contributed by atoms with E-state index in [2.05, 4.69) is 0 Å². The zero-order valence-electron chi connectivity index (χ0n) is 8.90. The number of hydrogen-bond donors (Lipinski definition) is 2. The highest BCUT2D eigenvalue weighted by Crippen LogP contribution is 2.34. The molecule has 0 aliphatic carbocycles. The number of benzene rings is 1. The van der Waals surface area contributed by atoms with Gasteiger partial charge in [-0.05, 0) is 19.9 Å². The highest BCUT2D eigenvalue weighted by Gasteiger charge is 2.23. The molecule has 0 fully saturated rings. The van der Waals surface area contributed by atoms with E-state index in [0.717, 1.165) is 0 Å². The molecule has 2 N–H and O–H groups in total. The van der Waals surface area contributed by atoms with Crippen LogP contribution in [-0.2, 0) is 5.60 Å². The number of aromatic hydroxyl groups is 1. The van der Waals surface area contributed by atoms with Crippen LogP contribution in [0.15, 0.2) is 12.1 Å². The van der Waals surface area contributed by atoms with E-state index in [9.17, 15) is 10.2 Å². The Kier molecular flexibility index (Phi) is 2.87. The van der Waals surface area contributed by atoms with Crippen molar-refractivity contribution < 1.29 is 14.9 Å². The van der Waals surface area contributed by atoms with Gasteiger partial charge in [-0.25, -0.2) is 0 Å². The van der Waals surface area contributed by atoms with Gasteiger partial charge in [0.1, 0.15) is 17.6 Å². The summed E-state index contributed by atoms with van der Waals surface area (Å²) in [4.78, 5) is 0. The fourth-order valence-electron chi connectivity index (χ4n) is 1.31. The second-order valence-corrected chi connectivity index (χ2v) is 3.74. The van der Waals surface area contributed by atoms with E-state index in [1.54, 1.807) is 13.8 Å². The molecular formula is C11H13NO3. The molecule has 0 unspecified atom stereocenters. The first-order valence-corrected chi connectivity index (χ1v) is 4.44. The first-order valence-electron chi connectivity index (χ1n) is 4.44. The molecule has 0 amide bonds. The smallest absolute Gasteiger partial charge is 0.137 e. The first-order chi connectivity index (χ1) is 6.90. The summed E-state index contributed by atoms with van der Waals surface area (Å²) in [6.07, 6.45) is 0. The van der Waals surface area contributed by atoms with Gasteiger partial charge in [0.25, 0.3) is 0 Å². The normalized spacial score (nSPS) is 10.9. The molecule has 0 spiro atoms. The third kappa shape index (κ3) is 2.20. The Hall–Kier alpha value is -1.73. The summed E-state index contributed by atoms with van der Waals surface area (Å²) < 4.78 is 5.02. The molecule has 15 heavy (non-hydrogen) atoms. The van der Waals surface area contributed by atoms with Crippen LogP contribution >= 0.6 is 0 Å². The maximum Gasteiger partial charge on any atom is 0.137 e. The molecule has 0 aliphatic heterocycles. The van der Waals surface area contributed by atoms with Gasteiger partial charge in [0.2, 0.25) is 0 Å². The zero-order chi connectivity index (χ0) is 11.6. The third-order valence-electron chi connectivity index (χ3n) is 2.10. The molecule has 0 bridgehead atoms. The van der Waals surface area contributed by atoms with E-state index in [0.29, 0.717) is 11.3 Å². The second-order valence-electron chi connectivity index (χ2n) is 3.74. The SMILES string of the molecule is COc1cc(O)c(C#N)cc1C(C)(C)O. The van der Waals surface area contributed by atoms with Gasteiger partial charge in [0.15, 0.2) is 0 Å². The molecule has 4 heteroatoms. The lowest BCUT2D eigenvalue weighted by molar-refractivity contribution is 0.0755. The van der Waals surface area contributed by atoms with Crippen molar-refractivity contribution in [2.75, 3.05) is 7.11 Å². The Labute approximate surface area is 88.4 Å². The van der Waals surface area contributed by atoms with Crippen LogP contribution in [-0.4, -0.2) is 17.3 Å². The van der Waals surface area contributed by atoms with Gasteiger partial charge in [-0.1, -0.05) is 0 Å². The van der Waals surface area contributed by atoms with Crippen molar-refractivity contribution >= 4 is 0 Å². The molecule has 0 saturated carbocycles. The number of nitriles is 1. The predicted octanol–water partition coefficient (Wildman–Crippen LogP) is 1.50. The maximum absolute atomic E-state index is 9.84. The number of hydrogen-bond acceptors (Lipinski definition) is 4. The average molecular weight is 207 g/mol. The van der Waals surface area contributed by atoms with E-state index in [1.165, 1.54) is 19.2 Å². The highest BCUT2D eigenvalue weighted by molar-refractivity contribution is 5.52. The fourth-order valence-corrected chi connectivity index (χ4v) is 1.31. The van der Waals surface area contributed by atoms with Crippen LogP contribution in [0.5, 0.6) is 11.5 Å². The predicted molar refractivity (Wildman–Crippen MR) is 54.6 cm³/mol. The fraction of sp³-hybridized carbons (Fsp3) is 0.364. The summed E-state index contributed by atoms with van der Waals surface area (Å²) in [5.74, 6) is 0.210. The molecule has 4 nitrogen and oxygen atoms in total. The number of phenolic OH excluding ortho intramolecular Hbond substituents is 1. The number of aliphatic hydroxyl groups is 1. The first kappa shape index (κ1) is 11.3. The van der Waals surface area contributed by atoms with Gasteiger partial charge in [-0.2, -0.15) is 5.26 Å². The monoisotopic (exact) mass is 207 g/mol. The lowest BCUT2D eigenvalue weighted by Gasteiger charge is -2.21. The van der Waals surface area contributed by atoms with Crippen molar-refractivity contribution in [1.82, 2.24) is 0 Å². The summed E-state index contributed by atoms with van der Waals surface area (Å²) in [5, 5.41) is 28.0. The Balaban J connectivity index is 3.44. The Morgan fingerprint density at radius 2 is 2.00 bits per heavy atom. The van der Waals surface area contributed by atoms with Gasteiger partial charge >= 0.3 is 0 Å². The largest absolute Gasteiger partial charge is 0.506 e. The van der Waals surface area contributed by atoms with E-state index >= 15 is 0 Å². The highest BCUT2D eigenvalue weighted by atomic mass is 16.5. The summed E-state index contributed by atoms with van der Waals surface area (Å²) in [6.45, 7) is 3.17. The molecule has 0 heterocycles. The topological polar surface area (TPSA) is 73.5 Å². The number of rotatable bonds is 2. The van der Waals surface area contributed by atoms with E-state index < -0.39 is 5.60 Å². The minimum Gasteiger partial charge on any atom is -0.506 e. The van der Waals surface area contributed by atoms with E-state index in [1.807, 2.05) is 6.07 Å². The van der Waals surface area contributed by atoms with Gasteiger partial charge in [0, 0.05) is 11.6 Å². The van der Waals surface area contributed by atoms with Crippen LogP contribution in [0.4, 0.5) is 0 Å². The van der Waals surface area contributed by atoms with Crippen molar-refractivity contribution in [3.63, 3.8) is 0 Å². The van der Waals surface area contributed by atoms with E-state index in [-0.39, 0.29) is 11.3 Å². The minimum absolute atomic E-state index is 0.118. The lowest BCUT2D eigenvalue weighted by atomic mass is 9.95.